The van der Waals surface area contributed by atoms with Gasteiger partial charge in [0.2, 0.25) is 5.91 Å². The van der Waals surface area contributed by atoms with Crippen molar-refractivity contribution in [2.75, 3.05) is 27.2 Å². The number of ether oxygens (including phenoxy) is 1. The van der Waals surface area contributed by atoms with Gasteiger partial charge in [0.1, 0.15) is 5.75 Å². The van der Waals surface area contributed by atoms with E-state index in [9.17, 15) is 4.79 Å². The van der Waals surface area contributed by atoms with E-state index in [2.05, 4.69) is 27.0 Å². The van der Waals surface area contributed by atoms with Crippen LogP contribution < -0.4 is 10.1 Å². The summed E-state index contributed by atoms with van der Waals surface area (Å²) in [5.41, 5.74) is 2.23. The molecule has 124 valence electrons. The number of rotatable bonds is 8. The van der Waals surface area contributed by atoms with Gasteiger partial charge in [-0.1, -0.05) is 12.1 Å². The average Bonchev–Trinajstić information content (AvgIpc) is 3.03. The van der Waals surface area contributed by atoms with E-state index in [-0.39, 0.29) is 11.9 Å². The Morgan fingerprint density at radius 3 is 2.57 bits per heavy atom. The van der Waals surface area contributed by atoms with E-state index in [0.717, 1.165) is 11.3 Å². The molecule has 0 radical (unpaired) electrons. The quantitative estimate of drug-likeness (QED) is 0.807. The second-order valence-electron chi connectivity index (χ2n) is 5.59. The van der Waals surface area contributed by atoms with Gasteiger partial charge in [-0.25, -0.2) is 0 Å². The highest BCUT2D eigenvalue weighted by molar-refractivity contribution is 7.07. The van der Waals surface area contributed by atoms with Gasteiger partial charge in [-0.3, -0.25) is 4.79 Å². The van der Waals surface area contributed by atoms with Crippen molar-refractivity contribution in [2.24, 2.45) is 0 Å². The maximum atomic E-state index is 12.2. The molecule has 1 amide bonds. The minimum atomic E-state index is 0.0382. The lowest BCUT2D eigenvalue weighted by atomic mass is 10.1. The summed E-state index contributed by atoms with van der Waals surface area (Å²) in [5, 5.41) is 7.22. The topological polar surface area (TPSA) is 41.6 Å². The number of benzene rings is 1. The van der Waals surface area contributed by atoms with Gasteiger partial charge < -0.3 is 15.0 Å². The first-order chi connectivity index (χ1) is 11.1. The molecule has 4 nitrogen and oxygen atoms in total. The Morgan fingerprint density at radius 2 is 2.00 bits per heavy atom. The van der Waals surface area contributed by atoms with Gasteiger partial charge >= 0.3 is 0 Å². The van der Waals surface area contributed by atoms with Crippen LogP contribution in [0.1, 0.15) is 24.1 Å². The molecule has 1 aromatic carbocycles. The van der Waals surface area contributed by atoms with Crippen molar-refractivity contribution in [3.05, 3.63) is 52.2 Å². The fourth-order valence-corrected chi connectivity index (χ4v) is 3.10. The zero-order valence-corrected chi connectivity index (χ0v) is 14.7. The van der Waals surface area contributed by atoms with Crippen molar-refractivity contribution in [1.29, 1.82) is 0 Å². The summed E-state index contributed by atoms with van der Waals surface area (Å²) in [7, 11) is 4.06. The van der Waals surface area contributed by atoms with E-state index in [1.54, 1.807) is 11.3 Å². The van der Waals surface area contributed by atoms with Crippen molar-refractivity contribution in [3.63, 3.8) is 0 Å². The van der Waals surface area contributed by atoms with Crippen LogP contribution >= 0.6 is 11.3 Å². The van der Waals surface area contributed by atoms with Crippen LogP contribution in [-0.4, -0.2) is 38.1 Å². The fourth-order valence-electron chi connectivity index (χ4n) is 2.39. The van der Waals surface area contributed by atoms with E-state index in [4.69, 9.17) is 4.74 Å². The Morgan fingerprint density at radius 1 is 1.26 bits per heavy atom. The summed E-state index contributed by atoms with van der Waals surface area (Å²) in [6.07, 6.45) is 0.385. The zero-order valence-electron chi connectivity index (χ0n) is 13.9. The molecule has 2 rings (SSSR count). The van der Waals surface area contributed by atoms with E-state index in [0.29, 0.717) is 19.6 Å². The van der Waals surface area contributed by atoms with Crippen molar-refractivity contribution >= 4 is 17.2 Å². The van der Waals surface area contributed by atoms with E-state index in [1.807, 2.05) is 45.3 Å². The molecule has 2 aromatic rings. The third-order valence-corrected chi connectivity index (χ3v) is 4.34. The Kier molecular flexibility index (Phi) is 6.62. The van der Waals surface area contributed by atoms with Gasteiger partial charge in [0.05, 0.1) is 19.1 Å². The minimum absolute atomic E-state index is 0.0382. The summed E-state index contributed by atoms with van der Waals surface area (Å²) in [6, 6.07) is 9.99. The van der Waals surface area contributed by atoms with Crippen LogP contribution in [0.2, 0.25) is 0 Å². The Hall–Kier alpha value is -1.85. The number of amides is 1. The number of nitrogens with zero attached hydrogens (tertiary/aromatic N) is 1. The maximum Gasteiger partial charge on any atom is 0.224 e. The predicted octanol–water partition coefficient (Wildman–Crippen LogP) is 3.11. The molecular weight excluding hydrogens is 308 g/mol. The van der Waals surface area contributed by atoms with Gasteiger partial charge in [0.15, 0.2) is 0 Å². The van der Waals surface area contributed by atoms with Gasteiger partial charge in [-0.15, -0.1) is 0 Å². The molecule has 0 aliphatic heterocycles. The lowest BCUT2D eigenvalue weighted by molar-refractivity contribution is -0.120. The number of hydrogen-bond acceptors (Lipinski definition) is 4. The standard InChI is InChI=1S/C18H24N2O2S/c1-4-22-16-7-5-14(6-8-16)11-18(21)19-12-17(20(2)3)15-9-10-23-13-15/h5-10,13,17H,4,11-12H2,1-3H3,(H,19,21). The van der Waals surface area contributed by atoms with Crippen LogP contribution in [0, 0.1) is 0 Å². The largest absolute Gasteiger partial charge is 0.494 e. The SMILES string of the molecule is CCOc1ccc(CC(=O)NCC(c2ccsc2)N(C)C)cc1. The molecule has 1 aromatic heterocycles. The summed E-state index contributed by atoms with van der Waals surface area (Å²) in [5.74, 6) is 0.873. The molecule has 1 unspecified atom stereocenters. The number of likely N-dealkylation sites (N-methyl/N-ethyl adjacent to an activating group) is 1. The highest BCUT2D eigenvalue weighted by Gasteiger charge is 2.15. The fraction of sp³-hybridized carbons (Fsp3) is 0.389. The van der Waals surface area contributed by atoms with Crippen LogP contribution in [0.5, 0.6) is 5.75 Å². The van der Waals surface area contributed by atoms with Gasteiger partial charge in [-0.2, -0.15) is 11.3 Å². The van der Waals surface area contributed by atoms with Gasteiger partial charge in [0, 0.05) is 6.54 Å². The van der Waals surface area contributed by atoms with E-state index in [1.165, 1.54) is 5.56 Å². The third kappa shape index (κ3) is 5.37. The monoisotopic (exact) mass is 332 g/mol. The molecule has 0 bridgehead atoms. The van der Waals surface area contributed by atoms with E-state index >= 15 is 0 Å². The van der Waals surface area contributed by atoms with Crippen LogP contribution in [0.4, 0.5) is 0 Å². The molecule has 1 heterocycles. The smallest absolute Gasteiger partial charge is 0.224 e. The number of thiophene rings is 1. The summed E-state index contributed by atoms with van der Waals surface area (Å²) in [4.78, 5) is 14.3. The highest BCUT2D eigenvalue weighted by atomic mass is 32.1. The molecular formula is C18H24N2O2S. The second-order valence-corrected chi connectivity index (χ2v) is 6.37. The lowest BCUT2D eigenvalue weighted by Crippen LogP contribution is -2.35. The van der Waals surface area contributed by atoms with Crippen molar-refractivity contribution in [2.45, 2.75) is 19.4 Å². The minimum Gasteiger partial charge on any atom is -0.494 e. The summed E-state index contributed by atoms with van der Waals surface area (Å²) < 4.78 is 5.41. The third-order valence-electron chi connectivity index (χ3n) is 3.64. The van der Waals surface area contributed by atoms with E-state index < -0.39 is 0 Å². The molecule has 0 fully saturated rings. The van der Waals surface area contributed by atoms with Crippen LogP contribution in [0.25, 0.3) is 0 Å². The van der Waals surface area contributed by atoms with Crippen molar-refractivity contribution in [1.82, 2.24) is 10.2 Å². The summed E-state index contributed by atoms with van der Waals surface area (Å²) >= 11 is 1.68. The maximum absolute atomic E-state index is 12.2. The normalized spacial score (nSPS) is 12.2. The lowest BCUT2D eigenvalue weighted by Gasteiger charge is -2.24. The first-order valence-corrected chi connectivity index (χ1v) is 8.71. The van der Waals surface area contributed by atoms with Crippen LogP contribution in [0.3, 0.4) is 0 Å². The Balaban J connectivity index is 1.86. The molecule has 0 aliphatic carbocycles. The molecule has 5 heteroatoms. The molecule has 0 saturated heterocycles. The zero-order chi connectivity index (χ0) is 16.7. The highest BCUT2D eigenvalue weighted by Crippen LogP contribution is 2.20. The van der Waals surface area contributed by atoms with Gasteiger partial charge in [-0.05, 0) is 61.1 Å². The summed E-state index contributed by atoms with van der Waals surface area (Å²) in [6.45, 7) is 3.21. The molecule has 1 atom stereocenters. The average molecular weight is 332 g/mol. The van der Waals surface area contributed by atoms with Crippen LogP contribution in [-0.2, 0) is 11.2 Å². The number of carbonyl (C=O) groups excluding carboxylic acids is 1. The van der Waals surface area contributed by atoms with Crippen molar-refractivity contribution in [3.8, 4) is 5.75 Å². The molecule has 0 spiro atoms. The number of nitrogens with one attached hydrogen (secondary N) is 1. The first kappa shape index (κ1) is 17.5. The number of carbonyl (C=O) groups is 1. The molecule has 1 N–H and O–H groups in total. The predicted molar refractivity (Wildman–Crippen MR) is 95.1 cm³/mol. The van der Waals surface area contributed by atoms with Crippen molar-refractivity contribution < 1.29 is 9.53 Å². The second kappa shape index (κ2) is 8.70. The Labute approximate surface area is 142 Å². The molecule has 23 heavy (non-hydrogen) atoms. The Bertz CT molecular complexity index is 594. The molecule has 0 saturated carbocycles. The van der Waals surface area contributed by atoms with Crippen LogP contribution in [0.15, 0.2) is 41.1 Å². The number of hydrogen-bond donors (Lipinski definition) is 1. The van der Waals surface area contributed by atoms with Gasteiger partial charge in [0.25, 0.3) is 0 Å². The first-order valence-electron chi connectivity index (χ1n) is 7.77. The molecule has 0 aliphatic rings.